The van der Waals surface area contributed by atoms with Crippen LogP contribution in [0.4, 0.5) is 16.2 Å². The number of hydrogen-bond donors (Lipinski definition) is 2. The first-order chi connectivity index (χ1) is 14.9. The predicted molar refractivity (Wildman–Crippen MR) is 117 cm³/mol. The number of carbonyl (C=O) groups excluding carboxylic acids is 3. The Hall–Kier alpha value is -2.66. The SMILES string of the molecule is COC(=O)N(CC(O)CNC(=O)c1ccc(Cl)s1)c1ccc(N2CCOCC2=O)cc1. The van der Waals surface area contributed by atoms with Gasteiger partial charge in [0.25, 0.3) is 11.8 Å². The monoisotopic (exact) mass is 467 g/mol. The lowest BCUT2D eigenvalue weighted by Crippen LogP contribution is -2.43. The summed E-state index contributed by atoms with van der Waals surface area (Å²) in [5, 5.41) is 13.0. The van der Waals surface area contributed by atoms with Crippen LogP contribution in [0.1, 0.15) is 9.67 Å². The third kappa shape index (κ3) is 5.95. The third-order valence-corrected chi connectivity index (χ3v) is 5.77. The quantitative estimate of drug-likeness (QED) is 0.645. The number of amides is 3. The van der Waals surface area contributed by atoms with Gasteiger partial charge < -0.3 is 24.8 Å². The first-order valence-electron chi connectivity index (χ1n) is 9.44. The van der Waals surface area contributed by atoms with Crippen LogP contribution < -0.4 is 15.1 Å². The molecule has 3 rings (SSSR count). The number of carbonyl (C=O) groups is 3. The van der Waals surface area contributed by atoms with Crippen molar-refractivity contribution < 1.29 is 29.0 Å². The van der Waals surface area contributed by atoms with Crippen molar-refractivity contribution in [3.05, 3.63) is 45.6 Å². The highest BCUT2D eigenvalue weighted by molar-refractivity contribution is 7.18. The van der Waals surface area contributed by atoms with Gasteiger partial charge in [-0.15, -0.1) is 11.3 Å². The molecule has 1 saturated heterocycles. The molecular weight excluding hydrogens is 446 g/mol. The molecule has 9 nitrogen and oxygen atoms in total. The van der Waals surface area contributed by atoms with Crippen LogP contribution >= 0.6 is 22.9 Å². The van der Waals surface area contributed by atoms with Gasteiger partial charge in [0.15, 0.2) is 0 Å². The Labute approximate surface area is 188 Å². The number of ether oxygens (including phenoxy) is 2. The number of morpholine rings is 1. The van der Waals surface area contributed by atoms with Gasteiger partial charge in [-0.1, -0.05) is 11.6 Å². The molecule has 11 heteroatoms. The summed E-state index contributed by atoms with van der Waals surface area (Å²) in [7, 11) is 1.24. The van der Waals surface area contributed by atoms with Gasteiger partial charge in [-0.25, -0.2) is 4.79 Å². The lowest BCUT2D eigenvalue weighted by atomic mass is 10.2. The van der Waals surface area contributed by atoms with Gasteiger partial charge in [0, 0.05) is 24.5 Å². The van der Waals surface area contributed by atoms with Crippen molar-refractivity contribution in [1.29, 1.82) is 0 Å². The van der Waals surface area contributed by atoms with Crippen LogP contribution in [0, 0.1) is 0 Å². The standard InChI is InChI=1S/C20H22ClN3O6S/c1-29-20(28)24(11-15(25)10-22-19(27)16-6-7-17(21)31-16)14-4-2-13(3-5-14)23-8-9-30-12-18(23)26/h2-7,15,25H,8-12H2,1H3,(H,22,27). The molecular formula is C20H22ClN3O6S. The van der Waals surface area contributed by atoms with Crippen LogP contribution in [0.25, 0.3) is 0 Å². The first kappa shape index (κ1) is 23.0. The van der Waals surface area contributed by atoms with Gasteiger partial charge in [-0.2, -0.15) is 0 Å². The van der Waals surface area contributed by atoms with Crippen molar-refractivity contribution in [2.45, 2.75) is 6.10 Å². The summed E-state index contributed by atoms with van der Waals surface area (Å²) < 4.78 is 10.4. The maximum atomic E-state index is 12.3. The summed E-state index contributed by atoms with van der Waals surface area (Å²) in [6.45, 7) is 0.770. The summed E-state index contributed by atoms with van der Waals surface area (Å²) in [5.41, 5.74) is 1.16. The van der Waals surface area contributed by atoms with E-state index in [-0.39, 0.29) is 31.5 Å². The summed E-state index contributed by atoms with van der Waals surface area (Å²) in [6.07, 6.45) is -1.70. The minimum absolute atomic E-state index is 0.0334. The Kier molecular flexibility index (Phi) is 7.85. The maximum absolute atomic E-state index is 12.3. The summed E-state index contributed by atoms with van der Waals surface area (Å²) in [4.78, 5) is 39.6. The molecule has 1 aliphatic rings. The van der Waals surface area contributed by atoms with Crippen LogP contribution in [0.2, 0.25) is 4.34 Å². The van der Waals surface area contributed by atoms with E-state index in [9.17, 15) is 19.5 Å². The Morgan fingerprint density at radius 2 is 2.06 bits per heavy atom. The number of methoxy groups -OCH3 is 1. The van der Waals surface area contributed by atoms with E-state index in [2.05, 4.69) is 5.32 Å². The number of aliphatic hydroxyl groups is 1. The minimum Gasteiger partial charge on any atom is -0.452 e. The number of nitrogens with one attached hydrogen (secondary N) is 1. The van der Waals surface area contributed by atoms with Crippen LogP contribution in [0.3, 0.4) is 0 Å². The fourth-order valence-corrected chi connectivity index (χ4v) is 3.97. The van der Waals surface area contributed by atoms with E-state index in [4.69, 9.17) is 21.1 Å². The molecule has 166 valence electrons. The Morgan fingerprint density at radius 1 is 1.32 bits per heavy atom. The number of aliphatic hydroxyl groups excluding tert-OH is 1. The molecule has 0 bridgehead atoms. The zero-order chi connectivity index (χ0) is 22.4. The van der Waals surface area contributed by atoms with Crippen molar-refractivity contribution in [1.82, 2.24) is 5.32 Å². The molecule has 1 aromatic carbocycles. The van der Waals surface area contributed by atoms with Gasteiger partial charge in [0.1, 0.15) is 6.61 Å². The van der Waals surface area contributed by atoms with Gasteiger partial charge in [0.2, 0.25) is 0 Å². The van der Waals surface area contributed by atoms with E-state index in [1.165, 1.54) is 12.0 Å². The predicted octanol–water partition coefficient (Wildman–Crippen LogP) is 2.13. The van der Waals surface area contributed by atoms with Crippen LogP contribution in [0.5, 0.6) is 0 Å². The van der Waals surface area contributed by atoms with E-state index < -0.39 is 12.2 Å². The van der Waals surface area contributed by atoms with Crippen molar-refractivity contribution in [2.75, 3.05) is 49.8 Å². The molecule has 0 spiro atoms. The molecule has 1 aromatic heterocycles. The average Bonchev–Trinajstić information content (AvgIpc) is 3.22. The van der Waals surface area contributed by atoms with Crippen molar-refractivity contribution >= 4 is 52.2 Å². The van der Waals surface area contributed by atoms with E-state index in [0.29, 0.717) is 33.7 Å². The highest BCUT2D eigenvalue weighted by Gasteiger charge is 2.23. The van der Waals surface area contributed by atoms with E-state index in [0.717, 1.165) is 11.3 Å². The molecule has 1 atom stereocenters. The summed E-state index contributed by atoms with van der Waals surface area (Å²) in [6, 6.07) is 9.95. The maximum Gasteiger partial charge on any atom is 0.414 e. The Morgan fingerprint density at radius 3 is 2.68 bits per heavy atom. The van der Waals surface area contributed by atoms with Crippen LogP contribution in [-0.4, -0.2) is 69.1 Å². The summed E-state index contributed by atoms with van der Waals surface area (Å²) >= 11 is 6.96. The lowest BCUT2D eigenvalue weighted by molar-refractivity contribution is -0.125. The second-order valence-electron chi connectivity index (χ2n) is 6.66. The molecule has 1 unspecified atom stereocenters. The van der Waals surface area contributed by atoms with Gasteiger partial charge >= 0.3 is 6.09 Å². The molecule has 1 fully saturated rings. The smallest absolute Gasteiger partial charge is 0.414 e. The molecule has 1 aliphatic heterocycles. The Balaban J connectivity index is 1.63. The van der Waals surface area contributed by atoms with E-state index >= 15 is 0 Å². The fourth-order valence-electron chi connectivity index (χ4n) is 3.01. The zero-order valence-corrected chi connectivity index (χ0v) is 18.3. The number of nitrogens with zero attached hydrogens (tertiary/aromatic N) is 2. The molecule has 0 radical (unpaired) electrons. The van der Waals surface area contributed by atoms with Gasteiger partial charge in [0.05, 0.1) is 35.6 Å². The number of halogens is 1. The zero-order valence-electron chi connectivity index (χ0n) is 16.7. The normalized spacial score (nSPS) is 14.8. The topological polar surface area (TPSA) is 108 Å². The third-order valence-electron chi connectivity index (χ3n) is 4.54. The van der Waals surface area contributed by atoms with Crippen LogP contribution in [0.15, 0.2) is 36.4 Å². The van der Waals surface area contributed by atoms with Crippen molar-refractivity contribution in [2.24, 2.45) is 0 Å². The highest BCUT2D eigenvalue weighted by atomic mass is 35.5. The second kappa shape index (κ2) is 10.6. The Bertz CT molecular complexity index is 935. The van der Waals surface area contributed by atoms with E-state index in [1.54, 1.807) is 41.3 Å². The highest BCUT2D eigenvalue weighted by Crippen LogP contribution is 2.23. The molecule has 0 aliphatic carbocycles. The fraction of sp³-hybridized carbons (Fsp3) is 0.350. The van der Waals surface area contributed by atoms with Crippen LogP contribution in [-0.2, 0) is 14.3 Å². The average molecular weight is 468 g/mol. The minimum atomic E-state index is -1.04. The molecule has 3 amide bonds. The van der Waals surface area contributed by atoms with E-state index in [1.807, 2.05) is 0 Å². The number of anilines is 2. The largest absolute Gasteiger partial charge is 0.452 e. The number of rotatable bonds is 7. The van der Waals surface area contributed by atoms with Crippen molar-refractivity contribution in [3.63, 3.8) is 0 Å². The first-order valence-corrected chi connectivity index (χ1v) is 10.6. The molecule has 2 aromatic rings. The number of hydrogen-bond acceptors (Lipinski definition) is 7. The van der Waals surface area contributed by atoms with Crippen molar-refractivity contribution in [3.8, 4) is 0 Å². The molecule has 2 heterocycles. The molecule has 31 heavy (non-hydrogen) atoms. The van der Waals surface area contributed by atoms with Gasteiger partial charge in [-0.3, -0.25) is 14.5 Å². The summed E-state index contributed by atoms with van der Waals surface area (Å²) in [5.74, 6) is -0.498. The lowest BCUT2D eigenvalue weighted by Gasteiger charge is -2.28. The molecule has 2 N–H and O–H groups in total. The number of benzene rings is 1. The van der Waals surface area contributed by atoms with Gasteiger partial charge in [-0.05, 0) is 36.4 Å². The second-order valence-corrected chi connectivity index (χ2v) is 8.38. The molecule has 0 saturated carbocycles. The number of thiophene rings is 1.